The average Bonchev–Trinajstić information content (AvgIpc) is 3.39. The first kappa shape index (κ1) is 23.6. The molecule has 1 amide bonds. The predicted octanol–water partition coefficient (Wildman–Crippen LogP) is 3.18. The third-order valence-electron chi connectivity index (χ3n) is 6.31. The van der Waals surface area contributed by atoms with Crippen LogP contribution >= 0.6 is 0 Å². The number of aryl methyl sites for hydroxylation is 1. The molecule has 2 saturated heterocycles. The van der Waals surface area contributed by atoms with E-state index in [0.717, 1.165) is 50.8 Å². The lowest BCUT2D eigenvalue weighted by molar-refractivity contribution is -0.192. The largest absolute Gasteiger partial charge is 0.490 e. The van der Waals surface area contributed by atoms with E-state index >= 15 is 0 Å². The number of carbonyl (C=O) groups is 2. The summed E-state index contributed by atoms with van der Waals surface area (Å²) in [4.78, 5) is 25.8. The minimum absolute atomic E-state index is 0.0311. The van der Waals surface area contributed by atoms with Crippen LogP contribution in [0.5, 0.6) is 0 Å². The Balaban J connectivity index is 0.000000339. The third kappa shape index (κ3) is 5.79. The first-order valence-corrected chi connectivity index (χ1v) is 10.4. The Morgan fingerprint density at radius 1 is 1.23 bits per heavy atom. The number of nitrogens with zero attached hydrogens (tertiary/aromatic N) is 2. The maximum atomic E-state index is 12.6. The number of halogens is 3. The second-order valence-corrected chi connectivity index (χ2v) is 8.88. The molecule has 0 radical (unpaired) electrons. The van der Waals surface area contributed by atoms with E-state index < -0.39 is 12.1 Å². The molecular formula is C21H29F3N2O5. The molecule has 0 aromatic carbocycles. The van der Waals surface area contributed by atoms with E-state index in [-0.39, 0.29) is 11.4 Å². The number of carboxylic acid groups (broad SMARTS) is 1. The number of hydrogen-bond donors (Lipinski definition) is 1. The van der Waals surface area contributed by atoms with Crippen molar-refractivity contribution in [2.75, 3.05) is 39.9 Å². The number of amides is 1. The molecule has 1 saturated carbocycles. The number of likely N-dealkylation sites (tertiary alicyclic amines) is 2. The minimum Gasteiger partial charge on any atom is -0.475 e. The van der Waals surface area contributed by atoms with Gasteiger partial charge in [0.1, 0.15) is 0 Å². The third-order valence-corrected chi connectivity index (χ3v) is 6.31. The van der Waals surface area contributed by atoms with Crippen LogP contribution in [0.4, 0.5) is 13.2 Å². The molecule has 174 valence electrons. The monoisotopic (exact) mass is 446 g/mol. The second-order valence-electron chi connectivity index (χ2n) is 8.88. The first-order chi connectivity index (χ1) is 14.5. The maximum absolute atomic E-state index is 12.6. The molecule has 0 bridgehead atoms. The molecule has 1 aliphatic carbocycles. The maximum Gasteiger partial charge on any atom is 0.490 e. The number of likely N-dealkylation sites (N-methyl/N-ethyl adjacent to an activating group) is 1. The molecule has 1 aromatic heterocycles. The van der Waals surface area contributed by atoms with Crippen LogP contribution in [0.15, 0.2) is 16.7 Å². The second kappa shape index (κ2) is 9.20. The SMILES string of the molecule is Cc1ccoc1C(=O)N1CC2(CC(COCC3CC3)CCN2C)C1.O=C(O)C(F)(F)F. The van der Waals surface area contributed by atoms with Crippen molar-refractivity contribution in [1.29, 1.82) is 0 Å². The molecule has 3 heterocycles. The van der Waals surface area contributed by atoms with Gasteiger partial charge in [0.2, 0.25) is 0 Å². The van der Waals surface area contributed by atoms with Crippen molar-refractivity contribution in [2.45, 2.75) is 44.3 Å². The molecule has 4 rings (SSSR count). The van der Waals surface area contributed by atoms with Crippen LogP contribution in [-0.4, -0.2) is 78.4 Å². The molecule has 7 nitrogen and oxygen atoms in total. The molecule has 3 fully saturated rings. The lowest BCUT2D eigenvalue weighted by atomic mass is 9.75. The summed E-state index contributed by atoms with van der Waals surface area (Å²) < 4.78 is 43.0. The van der Waals surface area contributed by atoms with Crippen molar-refractivity contribution >= 4 is 11.9 Å². The number of ether oxygens (including phenoxy) is 1. The number of rotatable bonds is 5. The highest BCUT2D eigenvalue weighted by Gasteiger charge is 2.51. The Morgan fingerprint density at radius 3 is 2.35 bits per heavy atom. The zero-order chi connectivity index (χ0) is 22.8. The Bertz CT molecular complexity index is 784. The summed E-state index contributed by atoms with van der Waals surface area (Å²) in [5, 5.41) is 7.12. The quantitative estimate of drug-likeness (QED) is 0.748. The fourth-order valence-corrected chi connectivity index (χ4v) is 4.15. The van der Waals surface area contributed by atoms with Gasteiger partial charge in [-0.2, -0.15) is 13.2 Å². The van der Waals surface area contributed by atoms with Gasteiger partial charge in [-0.1, -0.05) is 0 Å². The number of carboxylic acids is 1. The summed E-state index contributed by atoms with van der Waals surface area (Å²) in [6.07, 6.45) is 1.54. The summed E-state index contributed by atoms with van der Waals surface area (Å²) in [6, 6.07) is 1.85. The van der Waals surface area contributed by atoms with E-state index in [1.807, 2.05) is 17.9 Å². The Morgan fingerprint density at radius 2 is 1.84 bits per heavy atom. The molecule has 2 aliphatic heterocycles. The van der Waals surface area contributed by atoms with E-state index in [2.05, 4.69) is 11.9 Å². The van der Waals surface area contributed by atoms with Crippen LogP contribution < -0.4 is 0 Å². The van der Waals surface area contributed by atoms with Crippen molar-refractivity contribution in [3.8, 4) is 0 Å². The fraction of sp³-hybridized carbons (Fsp3) is 0.714. The van der Waals surface area contributed by atoms with Crippen LogP contribution in [0, 0.1) is 18.8 Å². The van der Waals surface area contributed by atoms with Gasteiger partial charge >= 0.3 is 12.1 Å². The minimum atomic E-state index is -5.08. The normalized spacial score (nSPS) is 23.1. The van der Waals surface area contributed by atoms with Crippen molar-refractivity contribution in [1.82, 2.24) is 9.80 Å². The van der Waals surface area contributed by atoms with Crippen LogP contribution in [0.2, 0.25) is 0 Å². The number of piperidine rings is 1. The van der Waals surface area contributed by atoms with Crippen molar-refractivity contribution in [3.05, 3.63) is 23.7 Å². The van der Waals surface area contributed by atoms with Gasteiger partial charge in [-0.05, 0) is 64.1 Å². The summed E-state index contributed by atoms with van der Waals surface area (Å²) in [7, 11) is 2.20. The van der Waals surface area contributed by atoms with Gasteiger partial charge in [0.15, 0.2) is 5.76 Å². The lowest BCUT2D eigenvalue weighted by Gasteiger charge is -2.58. The standard InChI is InChI=1S/C19H28N2O3.C2HF3O2/c1-14-6-8-24-17(14)18(22)21-12-19(13-21)9-16(5-7-20(19)2)11-23-10-15-3-4-15;3-2(4,5)1(6)7/h6,8,15-16H,3-5,7,9-13H2,1-2H3;(H,6,7). The molecule has 1 spiro atoms. The van der Waals surface area contributed by atoms with E-state index in [0.29, 0.717) is 11.7 Å². The first-order valence-electron chi connectivity index (χ1n) is 10.4. The highest BCUT2D eigenvalue weighted by Crippen LogP contribution is 2.39. The molecule has 1 N–H and O–H groups in total. The lowest BCUT2D eigenvalue weighted by Crippen LogP contribution is -2.72. The van der Waals surface area contributed by atoms with Gasteiger partial charge in [-0.25, -0.2) is 4.79 Å². The van der Waals surface area contributed by atoms with Gasteiger partial charge in [-0.3, -0.25) is 9.69 Å². The summed E-state index contributed by atoms with van der Waals surface area (Å²) in [6.45, 7) is 6.47. The highest BCUT2D eigenvalue weighted by molar-refractivity contribution is 5.93. The number of furan rings is 1. The van der Waals surface area contributed by atoms with Gasteiger partial charge in [0.05, 0.1) is 11.8 Å². The van der Waals surface area contributed by atoms with Gasteiger partial charge in [0, 0.05) is 31.9 Å². The molecule has 1 unspecified atom stereocenters. The number of carbonyl (C=O) groups excluding carboxylic acids is 1. The molecule has 31 heavy (non-hydrogen) atoms. The van der Waals surface area contributed by atoms with E-state index in [9.17, 15) is 18.0 Å². The zero-order valence-corrected chi connectivity index (χ0v) is 17.8. The summed E-state index contributed by atoms with van der Waals surface area (Å²) in [5.74, 6) is -0.773. The van der Waals surface area contributed by atoms with Crippen molar-refractivity contribution in [3.63, 3.8) is 0 Å². The van der Waals surface area contributed by atoms with E-state index in [1.165, 1.54) is 19.3 Å². The van der Waals surface area contributed by atoms with Crippen LogP contribution in [0.25, 0.3) is 0 Å². The number of alkyl halides is 3. The molecule has 1 atom stereocenters. The van der Waals surface area contributed by atoms with Crippen molar-refractivity contribution in [2.24, 2.45) is 11.8 Å². The highest BCUT2D eigenvalue weighted by atomic mass is 19.4. The summed E-state index contributed by atoms with van der Waals surface area (Å²) >= 11 is 0. The van der Waals surface area contributed by atoms with Crippen molar-refractivity contribution < 1.29 is 37.0 Å². The van der Waals surface area contributed by atoms with Crippen LogP contribution in [0.1, 0.15) is 41.8 Å². The Kier molecular flexibility index (Phi) is 7.00. The Labute approximate surface area is 179 Å². The number of hydrogen-bond acceptors (Lipinski definition) is 5. The molecular weight excluding hydrogens is 417 g/mol. The predicted molar refractivity (Wildman–Crippen MR) is 105 cm³/mol. The molecule has 10 heteroatoms. The van der Waals surface area contributed by atoms with Gasteiger partial charge in [0.25, 0.3) is 5.91 Å². The zero-order valence-electron chi connectivity index (χ0n) is 17.8. The van der Waals surface area contributed by atoms with Crippen LogP contribution in [0.3, 0.4) is 0 Å². The average molecular weight is 446 g/mol. The fourth-order valence-electron chi connectivity index (χ4n) is 4.15. The van der Waals surface area contributed by atoms with Gasteiger partial charge in [-0.15, -0.1) is 0 Å². The topological polar surface area (TPSA) is 83.2 Å². The van der Waals surface area contributed by atoms with Gasteiger partial charge < -0.3 is 19.2 Å². The smallest absolute Gasteiger partial charge is 0.475 e. The molecule has 1 aromatic rings. The number of aliphatic carboxylic acids is 1. The molecule has 3 aliphatic rings. The van der Waals surface area contributed by atoms with E-state index in [4.69, 9.17) is 19.1 Å². The Hall–Kier alpha value is -2.07. The van der Waals surface area contributed by atoms with E-state index in [1.54, 1.807) is 6.26 Å². The summed E-state index contributed by atoms with van der Waals surface area (Å²) in [5.41, 5.74) is 1.06. The van der Waals surface area contributed by atoms with Crippen LogP contribution in [-0.2, 0) is 9.53 Å².